The quantitative estimate of drug-likeness (QED) is 0.477. The fraction of sp³-hybridized carbons (Fsp3) is 0.429. The van der Waals surface area contributed by atoms with E-state index in [0.717, 1.165) is 19.0 Å². The van der Waals surface area contributed by atoms with Crippen molar-refractivity contribution in [3.8, 4) is 12.3 Å². The molecule has 0 unspecified atom stereocenters. The number of nitrogens with zero attached hydrogens (tertiary/aromatic N) is 3. The zero-order valence-corrected chi connectivity index (χ0v) is 11.5. The molecule has 0 radical (unpaired) electrons. The summed E-state index contributed by atoms with van der Waals surface area (Å²) in [5, 5.41) is 3.08. The Labute approximate surface area is 118 Å². The molecular formula is C14H18N4O2. The summed E-state index contributed by atoms with van der Waals surface area (Å²) in [6, 6.07) is 3.40. The third kappa shape index (κ3) is 3.12. The van der Waals surface area contributed by atoms with Gasteiger partial charge in [-0.25, -0.2) is 0 Å². The molecule has 6 nitrogen and oxygen atoms in total. The van der Waals surface area contributed by atoms with Crippen LogP contribution in [-0.4, -0.2) is 61.4 Å². The monoisotopic (exact) mass is 274 g/mol. The van der Waals surface area contributed by atoms with Crippen molar-refractivity contribution < 1.29 is 9.21 Å². The molecule has 1 fully saturated rings. The van der Waals surface area contributed by atoms with Crippen molar-refractivity contribution in [3.63, 3.8) is 0 Å². The molecule has 0 saturated carbocycles. The van der Waals surface area contributed by atoms with Crippen molar-refractivity contribution in [3.05, 3.63) is 24.2 Å². The van der Waals surface area contributed by atoms with Gasteiger partial charge in [-0.1, -0.05) is 5.92 Å². The molecule has 1 aromatic heterocycles. The number of aliphatic imine (C=N–C) groups is 1. The van der Waals surface area contributed by atoms with Crippen molar-refractivity contribution >= 4 is 11.9 Å². The minimum atomic E-state index is -0.0683. The summed E-state index contributed by atoms with van der Waals surface area (Å²) < 4.78 is 5.13. The second-order valence-corrected chi connectivity index (χ2v) is 4.36. The lowest BCUT2D eigenvalue weighted by Crippen LogP contribution is -2.53. The van der Waals surface area contributed by atoms with Crippen LogP contribution in [0.1, 0.15) is 10.6 Å². The molecule has 1 aliphatic heterocycles. The maximum Gasteiger partial charge on any atom is 0.289 e. The van der Waals surface area contributed by atoms with Gasteiger partial charge in [0.2, 0.25) is 0 Å². The lowest BCUT2D eigenvalue weighted by molar-refractivity contribution is 0.0658. The number of guanidine groups is 1. The topological polar surface area (TPSA) is 61.1 Å². The molecule has 0 spiro atoms. The molecule has 0 aliphatic carbocycles. The highest BCUT2D eigenvalue weighted by molar-refractivity contribution is 5.91. The Morgan fingerprint density at radius 1 is 1.45 bits per heavy atom. The number of carbonyl (C=O) groups excluding carboxylic acids is 1. The van der Waals surface area contributed by atoms with E-state index in [1.165, 1.54) is 6.26 Å². The fourth-order valence-electron chi connectivity index (χ4n) is 2.14. The van der Waals surface area contributed by atoms with Crippen LogP contribution in [0.4, 0.5) is 0 Å². The first-order valence-electron chi connectivity index (χ1n) is 6.48. The van der Waals surface area contributed by atoms with Gasteiger partial charge in [-0.15, -0.1) is 6.42 Å². The highest BCUT2D eigenvalue weighted by Gasteiger charge is 2.24. The van der Waals surface area contributed by atoms with Crippen LogP contribution in [0.2, 0.25) is 0 Å². The average molecular weight is 274 g/mol. The second-order valence-electron chi connectivity index (χ2n) is 4.36. The highest BCUT2D eigenvalue weighted by atomic mass is 16.3. The molecule has 0 bridgehead atoms. The van der Waals surface area contributed by atoms with E-state index in [-0.39, 0.29) is 5.91 Å². The largest absolute Gasteiger partial charge is 0.459 e. The van der Waals surface area contributed by atoms with E-state index >= 15 is 0 Å². The minimum Gasteiger partial charge on any atom is -0.459 e. The number of carbonyl (C=O) groups is 1. The smallest absolute Gasteiger partial charge is 0.289 e. The van der Waals surface area contributed by atoms with E-state index in [1.54, 1.807) is 24.1 Å². The van der Waals surface area contributed by atoms with Crippen molar-refractivity contribution in [2.24, 2.45) is 4.99 Å². The molecular weight excluding hydrogens is 256 g/mol. The highest BCUT2D eigenvalue weighted by Crippen LogP contribution is 2.09. The van der Waals surface area contributed by atoms with Crippen molar-refractivity contribution in [2.45, 2.75) is 0 Å². The Balaban J connectivity index is 1.89. The molecule has 6 heteroatoms. The lowest BCUT2D eigenvalue weighted by Gasteiger charge is -2.35. The molecule has 1 aromatic rings. The summed E-state index contributed by atoms with van der Waals surface area (Å²) in [6.45, 7) is 3.15. The molecule has 20 heavy (non-hydrogen) atoms. The fourth-order valence-corrected chi connectivity index (χ4v) is 2.14. The Kier molecular flexibility index (Phi) is 4.66. The number of piperazine rings is 1. The molecule has 1 N–H and O–H groups in total. The lowest BCUT2D eigenvalue weighted by atomic mass is 10.3. The maximum absolute atomic E-state index is 12.1. The Morgan fingerprint density at radius 2 is 2.15 bits per heavy atom. The summed E-state index contributed by atoms with van der Waals surface area (Å²) >= 11 is 0. The van der Waals surface area contributed by atoms with Gasteiger partial charge in [0.25, 0.3) is 5.91 Å². The van der Waals surface area contributed by atoms with Crippen molar-refractivity contribution in [1.29, 1.82) is 0 Å². The summed E-state index contributed by atoms with van der Waals surface area (Å²) in [7, 11) is 1.72. The SMILES string of the molecule is C#CCNC(=NC)N1CCN(C(=O)c2ccco2)CC1. The predicted molar refractivity (Wildman–Crippen MR) is 76.4 cm³/mol. The first kappa shape index (κ1) is 14.0. The number of nitrogens with one attached hydrogen (secondary N) is 1. The van der Waals surface area contributed by atoms with E-state index in [9.17, 15) is 4.79 Å². The maximum atomic E-state index is 12.1. The normalized spacial score (nSPS) is 15.9. The van der Waals surface area contributed by atoms with Crippen molar-refractivity contribution in [2.75, 3.05) is 39.8 Å². The van der Waals surface area contributed by atoms with Gasteiger partial charge in [0.1, 0.15) is 0 Å². The molecule has 1 amide bonds. The first-order chi connectivity index (χ1) is 9.76. The van der Waals surface area contributed by atoms with Crippen LogP contribution in [0.5, 0.6) is 0 Å². The van der Waals surface area contributed by atoms with E-state index in [1.807, 2.05) is 0 Å². The molecule has 1 aliphatic rings. The molecule has 0 aromatic carbocycles. The minimum absolute atomic E-state index is 0.0683. The van der Waals surface area contributed by atoms with E-state index in [0.29, 0.717) is 25.4 Å². The van der Waals surface area contributed by atoms with Gasteiger partial charge in [0.15, 0.2) is 11.7 Å². The third-order valence-electron chi connectivity index (χ3n) is 3.16. The van der Waals surface area contributed by atoms with Gasteiger partial charge in [-0.3, -0.25) is 9.79 Å². The van der Waals surface area contributed by atoms with Crippen LogP contribution >= 0.6 is 0 Å². The summed E-state index contributed by atoms with van der Waals surface area (Å²) in [5.74, 6) is 3.61. The number of hydrogen-bond donors (Lipinski definition) is 1. The summed E-state index contributed by atoms with van der Waals surface area (Å²) in [6.07, 6.45) is 6.74. The Morgan fingerprint density at radius 3 is 2.70 bits per heavy atom. The average Bonchev–Trinajstić information content (AvgIpc) is 3.02. The van der Waals surface area contributed by atoms with Gasteiger partial charge < -0.3 is 19.5 Å². The number of terminal acetylenes is 1. The number of amides is 1. The summed E-state index contributed by atoms with van der Waals surface area (Å²) in [5.41, 5.74) is 0. The number of furan rings is 1. The van der Waals surface area contributed by atoms with E-state index < -0.39 is 0 Å². The number of rotatable bonds is 2. The first-order valence-corrected chi connectivity index (χ1v) is 6.48. The van der Waals surface area contributed by atoms with Gasteiger partial charge in [-0.05, 0) is 12.1 Å². The van der Waals surface area contributed by atoms with E-state index in [4.69, 9.17) is 10.8 Å². The van der Waals surface area contributed by atoms with Gasteiger partial charge in [-0.2, -0.15) is 0 Å². The van der Waals surface area contributed by atoms with Crippen molar-refractivity contribution in [1.82, 2.24) is 15.1 Å². The zero-order chi connectivity index (χ0) is 14.4. The van der Waals surface area contributed by atoms with Crippen LogP contribution < -0.4 is 5.32 Å². The Hall–Kier alpha value is -2.42. The molecule has 1 saturated heterocycles. The van der Waals surface area contributed by atoms with Crippen LogP contribution in [0.15, 0.2) is 27.8 Å². The molecule has 2 heterocycles. The zero-order valence-electron chi connectivity index (χ0n) is 11.5. The second kappa shape index (κ2) is 6.66. The van der Waals surface area contributed by atoms with E-state index in [2.05, 4.69) is 21.1 Å². The van der Waals surface area contributed by atoms with Crippen LogP contribution in [0.25, 0.3) is 0 Å². The van der Waals surface area contributed by atoms with Gasteiger partial charge in [0, 0.05) is 33.2 Å². The van der Waals surface area contributed by atoms with Crippen LogP contribution in [0, 0.1) is 12.3 Å². The van der Waals surface area contributed by atoms with Crippen LogP contribution in [-0.2, 0) is 0 Å². The van der Waals surface area contributed by atoms with Gasteiger partial charge >= 0.3 is 0 Å². The molecule has 0 atom stereocenters. The third-order valence-corrected chi connectivity index (χ3v) is 3.16. The number of hydrogen-bond acceptors (Lipinski definition) is 3. The predicted octanol–water partition coefficient (Wildman–Crippen LogP) is 0.246. The molecule has 106 valence electrons. The van der Waals surface area contributed by atoms with Gasteiger partial charge in [0.05, 0.1) is 12.8 Å². The summed E-state index contributed by atoms with van der Waals surface area (Å²) in [4.78, 5) is 20.2. The standard InChI is InChI=1S/C14H18N4O2/c1-3-6-16-14(15-2)18-9-7-17(8-10-18)13(19)12-5-4-11-20-12/h1,4-5,11H,6-10H2,2H3,(H,15,16). The van der Waals surface area contributed by atoms with Crippen LogP contribution in [0.3, 0.4) is 0 Å². The Bertz CT molecular complexity index is 508. The molecule has 2 rings (SSSR count).